The first-order valence-corrected chi connectivity index (χ1v) is 9.34. The van der Waals surface area contributed by atoms with E-state index in [1.807, 2.05) is 18.2 Å². The third-order valence-corrected chi connectivity index (χ3v) is 4.71. The van der Waals surface area contributed by atoms with Crippen molar-refractivity contribution < 1.29 is 14.3 Å². The highest BCUT2D eigenvalue weighted by atomic mass is 16.5. The van der Waals surface area contributed by atoms with Crippen molar-refractivity contribution in [2.45, 2.75) is 32.4 Å². The molecule has 1 heterocycles. The summed E-state index contributed by atoms with van der Waals surface area (Å²) in [7, 11) is 0. The first-order valence-electron chi connectivity index (χ1n) is 9.34. The number of hydrogen-bond donors (Lipinski definition) is 2. The van der Waals surface area contributed by atoms with Gasteiger partial charge < -0.3 is 15.4 Å². The molecule has 28 heavy (non-hydrogen) atoms. The highest BCUT2D eigenvalue weighted by Gasteiger charge is 2.16. The summed E-state index contributed by atoms with van der Waals surface area (Å²) in [5, 5.41) is 15.2. The number of anilines is 1. The largest absolute Gasteiger partial charge is 0.380 e. The molecule has 0 saturated carbocycles. The van der Waals surface area contributed by atoms with Crippen molar-refractivity contribution in [3.63, 3.8) is 0 Å². The predicted molar refractivity (Wildman–Crippen MR) is 106 cm³/mol. The lowest BCUT2D eigenvalue weighted by Gasteiger charge is -2.13. The zero-order valence-corrected chi connectivity index (χ0v) is 15.8. The maximum atomic E-state index is 12.4. The van der Waals surface area contributed by atoms with Gasteiger partial charge in [0.05, 0.1) is 17.7 Å². The first-order chi connectivity index (χ1) is 13.6. The standard InChI is InChI=1S/C22H23N3O3/c1-15(26)20-8-7-16(12-23)11-21(20)24-13-17-4-2-5-18(10-17)22(27)25-14-19-6-3-9-28-19/h2,4-5,7-8,10-11,19,24H,3,6,9,13-14H2,1H3,(H,25,27). The molecule has 1 aliphatic heterocycles. The topological polar surface area (TPSA) is 91.2 Å². The Kier molecular flexibility index (Phi) is 6.41. The van der Waals surface area contributed by atoms with E-state index in [9.17, 15) is 9.59 Å². The Morgan fingerprint density at radius 2 is 2.11 bits per heavy atom. The Bertz CT molecular complexity index is 911. The number of ketones is 1. The molecular weight excluding hydrogens is 354 g/mol. The van der Waals surface area contributed by atoms with Gasteiger partial charge in [0.1, 0.15) is 0 Å². The van der Waals surface area contributed by atoms with Crippen LogP contribution in [0.25, 0.3) is 0 Å². The highest BCUT2D eigenvalue weighted by Crippen LogP contribution is 2.20. The number of hydrogen-bond acceptors (Lipinski definition) is 5. The molecule has 0 aliphatic carbocycles. The van der Waals surface area contributed by atoms with E-state index in [-0.39, 0.29) is 17.8 Å². The third kappa shape index (κ3) is 4.96. The van der Waals surface area contributed by atoms with Gasteiger partial charge >= 0.3 is 0 Å². The Hall–Kier alpha value is -3.17. The van der Waals surface area contributed by atoms with Crippen molar-refractivity contribution in [1.29, 1.82) is 5.26 Å². The number of rotatable bonds is 7. The van der Waals surface area contributed by atoms with Gasteiger partial charge in [-0.2, -0.15) is 5.26 Å². The van der Waals surface area contributed by atoms with Gasteiger partial charge in [0.2, 0.25) is 0 Å². The zero-order chi connectivity index (χ0) is 19.9. The molecule has 2 N–H and O–H groups in total. The average Bonchev–Trinajstić information content (AvgIpc) is 3.24. The molecule has 0 aromatic heterocycles. The maximum absolute atomic E-state index is 12.4. The van der Waals surface area contributed by atoms with Crippen LogP contribution in [0, 0.1) is 11.3 Å². The molecule has 1 aliphatic rings. The van der Waals surface area contributed by atoms with Crippen molar-refractivity contribution >= 4 is 17.4 Å². The van der Waals surface area contributed by atoms with E-state index >= 15 is 0 Å². The Morgan fingerprint density at radius 1 is 1.25 bits per heavy atom. The van der Waals surface area contributed by atoms with Gasteiger partial charge in [0.15, 0.2) is 5.78 Å². The van der Waals surface area contributed by atoms with Crippen LogP contribution in [0.3, 0.4) is 0 Å². The van der Waals surface area contributed by atoms with E-state index < -0.39 is 0 Å². The number of nitrogens with zero attached hydrogens (tertiary/aromatic N) is 1. The summed E-state index contributed by atoms with van der Waals surface area (Å²) in [6, 6.07) is 14.3. The van der Waals surface area contributed by atoms with Crippen LogP contribution in [0.5, 0.6) is 0 Å². The molecule has 0 spiro atoms. The second-order valence-corrected chi connectivity index (χ2v) is 6.83. The Labute approximate surface area is 164 Å². The minimum atomic E-state index is -0.131. The van der Waals surface area contributed by atoms with Crippen molar-refractivity contribution in [2.75, 3.05) is 18.5 Å². The summed E-state index contributed by atoms with van der Waals surface area (Å²) in [6.07, 6.45) is 2.12. The van der Waals surface area contributed by atoms with Gasteiger partial charge in [0, 0.05) is 36.5 Å². The molecule has 6 nitrogen and oxygen atoms in total. The molecule has 1 saturated heterocycles. The van der Waals surface area contributed by atoms with Crippen LogP contribution in [0.4, 0.5) is 5.69 Å². The molecule has 1 fully saturated rings. The molecular formula is C22H23N3O3. The molecule has 2 aromatic carbocycles. The van der Waals surface area contributed by atoms with Crippen LogP contribution in [-0.4, -0.2) is 30.9 Å². The molecule has 0 bridgehead atoms. The number of carbonyl (C=O) groups is 2. The predicted octanol–water partition coefficient (Wildman–Crippen LogP) is 3.28. The summed E-state index contributed by atoms with van der Waals surface area (Å²) in [5.74, 6) is -0.206. The molecule has 0 radical (unpaired) electrons. The number of amides is 1. The molecule has 1 amide bonds. The summed E-state index contributed by atoms with van der Waals surface area (Å²) in [4.78, 5) is 24.2. The van der Waals surface area contributed by atoms with Crippen LogP contribution in [0.1, 0.15) is 51.6 Å². The fraction of sp³-hybridized carbons (Fsp3) is 0.318. The van der Waals surface area contributed by atoms with Crippen molar-refractivity contribution in [1.82, 2.24) is 5.32 Å². The van der Waals surface area contributed by atoms with Gasteiger partial charge in [-0.1, -0.05) is 12.1 Å². The smallest absolute Gasteiger partial charge is 0.251 e. The minimum absolute atomic E-state index is 0.0748. The maximum Gasteiger partial charge on any atom is 0.251 e. The number of Topliss-reactive ketones (excluding diaryl/α,β-unsaturated/α-hetero) is 1. The molecule has 1 unspecified atom stereocenters. The third-order valence-electron chi connectivity index (χ3n) is 4.71. The second kappa shape index (κ2) is 9.16. The average molecular weight is 377 g/mol. The number of nitrogens with one attached hydrogen (secondary N) is 2. The van der Waals surface area contributed by atoms with E-state index in [0.717, 1.165) is 25.0 Å². The lowest BCUT2D eigenvalue weighted by molar-refractivity contribution is 0.0857. The van der Waals surface area contributed by atoms with Gasteiger partial charge in [-0.25, -0.2) is 0 Å². The van der Waals surface area contributed by atoms with Gasteiger partial charge in [-0.15, -0.1) is 0 Å². The molecule has 6 heteroatoms. The number of nitriles is 1. The fourth-order valence-electron chi connectivity index (χ4n) is 3.20. The monoisotopic (exact) mass is 377 g/mol. The van der Waals surface area contributed by atoms with Crippen molar-refractivity contribution in [2.24, 2.45) is 0 Å². The van der Waals surface area contributed by atoms with Crippen molar-refractivity contribution in [3.05, 3.63) is 64.7 Å². The summed E-state index contributed by atoms with van der Waals surface area (Å²) in [6.45, 7) is 3.20. The second-order valence-electron chi connectivity index (χ2n) is 6.83. The minimum Gasteiger partial charge on any atom is -0.380 e. The van der Waals surface area contributed by atoms with Gasteiger partial charge in [-0.3, -0.25) is 9.59 Å². The number of ether oxygens (including phenoxy) is 1. The van der Waals surface area contributed by atoms with Gasteiger partial charge in [0.25, 0.3) is 5.91 Å². The fourth-order valence-corrected chi connectivity index (χ4v) is 3.20. The van der Waals surface area contributed by atoms with E-state index in [0.29, 0.717) is 35.5 Å². The van der Waals surface area contributed by atoms with Gasteiger partial charge in [-0.05, 0) is 55.7 Å². The molecule has 1 atom stereocenters. The normalized spacial score (nSPS) is 15.6. The van der Waals surface area contributed by atoms with E-state index in [1.54, 1.807) is 24.3 Å². The van der Waals surface area contributed by atoms with E-state index in [2.05, 4.69) is 16.7 Å². The number of benzene rings is 2. The van der Waals surface area contributed by atoms with E-state index in [1.165, 1.54) is 6.92 Å². The molecule has 3 rings (SSSR count). The summed E-state index contributed by atoms with van der Waals surface area (Å²) < 4.78 is 5.52. The lowest BCUT2D eigenvalue weighted by Crippen LogP contribution is -2.31. The zero-order valence-electron chi connectivity index (χ0n) is 15.8. The Balaban J connectivity index is 1.65. The van der Waals surface area contributed by atoms with E-state index in [4.69, 9.17) is 10.00 Å². The highest BCUT2D eigenvalue weighted by molar-refractivity contribution is 5.99. The Morgan fingerprint density at radius 3 is 2.82 bits per heavy atom. The summed E-state index contributed by atoms with van der Waals surface area (Å²) >= 11 is 0. The lowest BCUT2D eigenvalue weighted by atomic mass is 10.1. The summed E-state index contributed by atoms with van der Waals surface area (Å²) in [5.41, 5.74) is 3.11. The van der Waals surface area contributed by atoms with Crippen LogP contribution in [0.15, 0.2) is 42.5 Å². The van der Waals surface area contributed by atoms with Crippen molar-refractivity contribution in [3.8, 4) is 6.07 Å². The molecule has 144 valence electrons. The quantitative estimate of drug-likeness (QED) is 0.723. The number of carbonyl (C=O) groups excluding carboxylic acids is 2. The van der Waals surface area contributed by atoms with Crippen LogP contribution in [0.2, 0.25) is 0 Å². The SMILES string of the molecule is CC(=O)c1ccc(C#N)cc1NCc1cccc(C(=O)NCC2CCCO2)c1. The molecule has 2 aromatic rings. The van der Waals surface area contributed by atoms with Crippen LogP contribution >= 0.6 is 0 Å². The van der Waals surface area contributed by atoms with Crippen LogP contribution < -0.4 is 10.6 Å². The first kappa shape index (κ1) is 19.6. The van der Waals surface area contributed by atoms with Crippen LogP contribution in [-0.2, 0) is 11.3 Å².